The Kier molecular flexibility index (Phi) is 8.42. The van der Waals surface area contributed by atoms with E-state index in [4.69, 9.17) is 10.5 Å². The highest BCUT2D eigenvalue weighted by Gasteiger charge is 2.28. The Morgan fingerprint density at radius 1 is 1.23 bits per heavy atom. The van der Waals surface area contributed by atoms with Gasteiger partial charge in [0.15, 0.2) is 5.60 Å². The zero-order valence-corrected chi connectivity index (χ0v) is 18.5. The second-order valence-electron chi connectivity index (χ2n) is 8.30. The van der Waals surface area contributed by atoms with E-state index in [9.17, 15) is 10.1 Å². The van der Waals surface area contributed by atoms with E-state index in [1.165, 1.54) is 5.56 Å². The third-order valence-corrected chi connectivity index (χ3v) is 6.08. The number of amides is 1. The molecule has 1 aliphatic heterocycles. The molecule has 0 saturated carbocycles. The fourth-order valence-electron chi connectivity index (χ4n) is 4.07. The number of hydrogen-bond acceptors (Lipinski definition) is 5. The molecule has 31 heavy (non-hydrogen) atoms. The molecule has 1 amide bonds. The van der Waals surface area contributed by atoms with Crippen LogP contribution < -0.4 is 5.73 Å². The molecule has 0 aromatic heterocycles. The standard InChI is InChI=1S/C25H34N4O2/c1-2-23(27)24(30)29-16-6-14-28(17-18-29)15-7-19-31-25(20-26)12-10-22(11-13-25)21-8-4-3-5-9-21/h3-5,8-13,22-23H,2,6-7,14-19,27H2,1H3/t22?,23-,25?/m1/s1. The number of benzene rings is 1. The maximum absolute atomic E-state index is 12.3. The summed E-state index contributed by atoms with van der Waals surface area (Å²) in [6.45, 7) is 6.66. The van der Waals surface area contributed by atoms with Crippen LogP contribution in [0.5, 0.6) is 0 Å². The maximum atomic E-state index is 12.3. The van der Waals surface area contributed by atoms with Gasteiger partial charge in [0.2, 0.25) is 5.91 Å². The summed E-state index contributed by atoms with van der Waals surface area (Å²) in [6, 6.07) is 12.1. The molecule has 1 aromatic carbocycles. The van der Waals surface area contributed by atoms with Crippen molar-refractivity contribution in [2.24, 2.45) is 5.73 Å². The highest BCUT2D eigenvalue weighted by Crippen LogP contribution is 2.28. The van der Waals surface area contributed by atoms with Crippen LogP contribution in [0.25, 0.3) is 0 Å². The van der Waals surface area contributed by atoms with E-state index >= 15 is 0 Å². The second-order valence-corrected chi connectivity index (χ2v) is 8.30. The molecule has 1 aromatic rings. The van der Waals surface area contributed by atoms with E-state index in [0.29, 0.717) is 13.0 Å². The van der Waals surface area contributed by atoms with Crippen LogP contribution in [0.4, 0.5) is 0 Å². The molecule has 1 heterocycles. The van der Waals surface area contributed by atoms with Crippen LogP contribution in [0, 0.1) is 11.3 Å². The van der Waals surface area contributed by atoms with Gasteiger partial charge in [-0.05, 0) is 43.5 Å². The number of hydrogen-bond donors (Lipinski definition) is 1. The molecule has 6 nitrogen and oxygen atoms in total. The van der Waals surface area contributed by atoms with Crippen molar-refractivity contribution in [3.8, 4) is 6.07 Å². The third kappa shape index (κ3) is 6.27. The minimum atomic E-state index is -0.983. The fourth-order valence-corrected chi connectivity index (χ4v) is 4.07. The molecular weight excluding hydrogens is 388 g/mol. The topological polar surface area (TPSA) is 82.6 Å². The van der Waals surface area contributed by atoms with Crippen LogP contribution in [-0.4, -0.2) is 66.7 Å². The number of carbonyl (C=O) groups excluding carboxylic acids is 1. The van der Waals surface area contributed by atoms with Crippen molar-refractivity contribution in [3.63, 3.8) is 0 Å². The van der Waals surface area contributed by atoms with Crippen molar-refractivity contribution < 1.29 is 9.53 Å². The van der Waals surface area contributed by atoms with Gasteiger partial charge in [-0.1, -0.05) is 49.4 Å². The number of allylic oxidation sites excluding steroid dienone is 2. The normalized spacial score (nSPS) is 25.1. The van der Waals surface area contributed by atoms with Gasteiger partial charge in [0, 0.05) is 32.1 Å². The highest BCUT2D eigenvalue weighted by atomic mass is 16.5. The molecule has 166 valence electrons. The predicted molar refractivity (Wildman–Crippen MR) is 122 cm³/mol. The Morgan fingerprint density at radius 3 is 2.65 bits per heavy atom. The lowest BCUT2D eigenvalue weighted by Gasteiger charge is -2.26. The summed E-state index contributed by atoms with van der Waals surface area (Å²) in [4.78, 5) is 16.6. The van der Waals surface area contributed by atoms with Gasteiger partial charge in [0.05, 0.1) is 12.6 Å². The number of nitrogens with two attached hydrogens (primary N) is 1. The fraction of sp³-hybridized carbons (Fsp3) is 0.520. The summed E-state index contributed by atoms with van der Waals surface area (Å²) < 4.78 is 5.99. The largest absolute Gasteiger partial charge is 0.353 e. The van der Waals surface area contributed by atoms with E-state index in [0.717, 1.165) is 45.6 Å². The summed E-state index contributed by atoms with van der Waals surface area (Å²) in [7, 11) is 0. The molecule has 0 unspecified atom stereocenters. The lowest BCUT2D eigenvalue weighted by Crippen LogP contribution is -2.45. The Hall–Kier alpha value is -2.46. The molecule has 1 fully saturated rings. The van der Waals surface area contributed by atoms with Gasteiger partial charge >= 0.3 is 0 Å². The molecule has 1 aliphatic carbocycles. The van der Waals surface area contributed by atoms with E-state index in [1.807, 2.05) is 54.3 Å². The zero-order chi connectivity index (χ0) is 22.1. The Bertz CT molecular complexity index is 801. The maximum Gasteiger partial charge on any atom is 0.239 e. The van der Waals surface area contributed by atoms with E-state index < -0.39 is 5.60 Å². The van der Waals surface area contributed by atoms with Crippen LogP contribution >= 0.6 is 0 Å². The van der Waals surface area contributed by atoms with Gasteiger partial charge in [-0.25, -0.2) is 0 Å². The monoisotopic (exact) mass is 422 g/mol. The molecule has 6 heteroatoms. The van der Waals surface area contributed by atoms with E-state index in [-0.39, 0.29) is 17.9 Å². The second kappa shape index (κ2) is 11.2. The molecule has 2 aliphatic rings. The van der Waals surface area contributed by atoms with Crippen molar-refractivity contribution in [2.75, 3.05) is 39.3 Å². The van der Waals surface area contributed by atoms with Crippen molar-refractivity contribution in [2.45, 2.75) is 43.7 Å². The average Bonchev–Trinajstić information content (AvgIpc) is 3.07. The first kappa shape index (κ1) is 23.2. The Balaban J connectivity index is 1.42. The summed E-state index contributed by atoms with van der Waals surface area (Å²) in [6.07, 6.45) is 10.3. The molecule has 0 radical (unpaired) electrons. The van der Waals surface area contributed by atoms with Gasteiger partial charge in [-0.2, -0.15) is 5.26 Å². The number of carbonyl (C=O) groups is 1. The smallest absolute Gasteiger partial charge is 0.239 e. The zero-order valence-electron chi connectivity index (χ0n) is 18.5. The molecular formula is C25H34N4O2. The summed E-state index contributed by atoms with van der Waals surface area (Å²) >= 11 is 0. The van der Waals surface area contributed by atoms with Crippen LogP contribution in [0.3, 0.4) is 0 Å². The molecule has 1 atom stereocenters. The van der Waals surface area contributed by atoms with E-state index in [2.05, 4.69) is 23.1 Å². The summed E-state index contributed by atoms with van der Waals surface area (Å²) in [5.74, 6) is 0.239. The van der Waals surface area contributed by atoms with Crippen LogP contribution in [0.2, 0.25) is 0 Å². The first-order valence-corrected chi connectivity index (χ1v) is 11.3. The predicted octanol–water partition coefficient (Wildman–Crippen LogP) is 2.84. The van der Waals surface area contributed by atoms with Crippen molar-refractivity contribution in [3.05, 3.63) is 60.2 Å². The molecule has 1 saturated heterocycles. The first-order chi connectivity index (χ1) is 15.1. The molecule has 3 rings (SSSR count). The lowest BCUT2D eigenvalue weighted by atomic mass is 9.89. The summed E-state index contributed by atoms with van der Waals surface area (Å²) in [5, 5.41) is 9.69. The van der Waals surface area contributed by atoms with Crippen molar-refractivity contribution >= 4 is 5.91 Å². The van der Waals surface area contributed by atoms with Crippen LogP contribution in [-0.2, 0) is 9.53 Å². The van der Waals surface area contributed by atoms with Gasteiger partial charge in [-0.15, -0.1) is 0 Å². The Labute approximate surface area is 186 Å². The number of nitriles is 1. The molecule has 0 bridgehead atoms. The first-order valence-electron chi connectivity index (χ1n) is 11.3. The Morgan fingerprint density at radius 2 is 1.97 bits per heavy atom. The SMILES string of the molecule is CC[C@@H](N)C(=O)N1CCCN(CCCOC2(C#N)C=CC(c3ccccc3)C=C2)CC1. The highest BCUT2D eigenvalue weighted by molar-refractivity contribution is 5.81. The quantitative estimate of drug-likeness (QED) is 0.515. The minimum absolute atomic E-state index is 0.0633. The van der Waals surface area contributed by atoms with Gasteiger partial charge in [-0.3, -0.25) is 4.79 Å². The van der Waals surface area contributed by atoms with Crippen molar-refractivity contribution in [1.29, 1.82) is 5.26 Å². The third-order valence-electron chi connectivity index (χ3n) is 6.08. The van der Waals surface area contributed by atoms with Gasteiger partial charge in [0.25, 0.3) is 0 Å². The average molecular weight is 423 g/mol. The number of rotatable bonds is 8. The minimum Gasteiger partial charge on any atom is -0.353 e. The van der Waals surface area contributed by atoms with Crippen molar-refractivity contribution in [1.82, 2.24) is 9.80 Å². The molecule has 0 spiro atoms. The van der Waals surface area contributed by atoms with Crippen LogP contribution in [0.1, 0.15) is 37.7 Å². The van der Waals surface area contributed by atoms with Crippen LogP contribution in [0.15, 0.2) is 54.6 Å². The number of ether oxygens (including phenoxy) is 1. The molecule has 2 N–H and O–H groups in total. The van der Waals surface area contributed by atoms with Gasteiger partial charge in [0.1, 0.15) is 6.07 Å². The summed E-state index contributed by atoms with van der Waals surface area (Å²) in [5.41, 5.74) is 6.13. The van der Waals surface area contributed by atoms with Gasteiger partial charge < -0.3 is 20.3 Å². The van der Waals surface area contributed by atoms with E-state index in [1.54, 1.807) is 0 Å². The number of nitrogens with zero attached hydrogens (tertiary/aromatic N) is 3. The lowest BCUT2D eigenvalue weighted by molar-refractivity contribution is -0.132.